The first-order valence-electron chi connectivity index (χ1n) is 10.8. The highest BCUT2D eigenvalue weighted by molar-refractivity contribution is 5.94. The topological polar surface area (TPSA) is 140 Å². The number of nitrogens with two attached hydrogens (primary N) is 1. The molecule has 4 rings (SSSR count). The van der Waals surface area contributed by atoms with Crippen LogP contribution in [0.2, 0.25) is 0 Å². The lowest BCUT2D eigenvalue weighted by atomic mass is 10.0. The average molecular weight is 438 g/mol. The number of nitrogens with zero attached hydrogens (tertiary/aromatic N) is 7. The van der Waals surface area contributed by atoms with Gasteiger partial charge >= 0.3 is 0 Å². The van der Waals surface area contributed by atoms with Crippen LogP contribution in [0.25, 0.3) is 5.82 Å². The van der Waals surface area contributed by atoms with Crippen molar-refractivity contribution in [3.8, 4) is 5.82 Å². The van der Waals surface area contributed by atoms with Gasteiger partial charge in [-0.05, 0) is 54.2 Å². The van der Waals surface area contributed by atoms with E-state index in [9.17, 15) is 4.79 Å². The molecule has 0 radical (unpaired) electrons. The number of hydrogen-bond acceptors (Lipinski definition) is 9. The minimum Gasteiger partial charge on any atom is -0.378 e. The van der Waals surface area contributed by atoms with E-state index in [1.54, 1.807) is 6.21 Å². The smallest absolute Gasteiger partial charge is 0.293 e. The van der Waals surface area contributed by atoms with E-state index in [-0.39, 0.29) is 17.3 Å². The molecule has 1 aliphatic rings. The van der Waals surface area contributed by atoms with Crippen LogP contribution in [-0.2, 0) is 13.0 Å². The fraction of sp³-hybridized carbons (Fsp3) is 0.429. The van der Waals surface area contributed by atoms with Gasteiger partial charge in [0.05, 0.1) is 11.9 Å². The molecule has 1 atom stereocenters. The second-order valence-electron chi connectivity index (χ2n) is 7.88. The van der Waals surface area contributed by atoms with Crippen molar-refractivity contribution in [3.63, 3.8) is 0 Å². The predicted octanol–water partition coefficient (Wildman–Crippen LogP) is 1.93. The number of carbonyl (C=O) groups is 1. The summed E-state index contributed by atoms with van der Waals surface area (Å²) in [5, 5.41) is 19.7. The monoisotopic (exact) mass is 437 g/mol. The Balaban J connectivity index is 1.56. The van der Waals surface area contributed by atoms with Gasteiger partial charge in [-0.25, -0.2) is 10.1 Å². The molecule has 2 aromatic heterocycles. The number of nitrogen functional groups attached to an aromatic ring is 1. The Hall–Kier alpha value is -3.60. The van der Waals surface area contributed by atoms with E-state index in [2.05, 4.69) is 49.9 Å². The van der Waals surface area contributed by atoms with Crippen molar-refractivity contribution in [2.45, 2.75) is 52.1 Å². The summed E-state index contributed by atoms with van der Waals surface area (Å²) in [6, 6.07) is 8.34. The Morgan fingerprint density at radius 3 is 2.81 bits per heavy atom. The lowest BCUT2D eigenvalue weighted by molar-refractivity contribution is 0.0945. The molecule has 0 saturated carbocycles. The number of hydrogen-bond donors (Lipinski definition) is 2. The molecule has 0 bridgehead atoms. The number of anilines is 1. The van der Waals surface area contributed by atoms with Crippen molar-refractivity contribution in [3.05, 3.63) is 46.8 Å². The second-order valence-corrected chi connectivity index (χ2v) is 7.88. The third kappa shape index (κ3) is 4.67. The quantitative estimate of drug-likeness (QED) is 0.422. The summed E-state index contributed by atoms with van der Waals surface area (Å²) in [6.45, 7) is 5.66. The first kappa shape index (κ1) is 21.6. The summed E-state index contributed by atoms with van der Waals surface area (Å²) in [7, 11) is 0. The van der Waals surface area contributed by atoms with Crippen LogP contribution in [0.5, 0.6) is 0 Å². The summed E-state index contributed by atoms with van der Waals surface area (Å²) in [4.78, 5) is 15.2. The molecule has 32 heavy (non-hydrogen) atoms. The second kappa shape index (κ2) is 9.69. The molecule has 1 amide bonds. The summed E-state index contributed by atoms with van der Waals surface area (Å²) >= 11 is 0. The maximum Gasteiger partial charge on any atom is 0.293 e. The van der Waals surface area contributed by atoms with Crippen LogP contribution in [0.1, 0.15) is 60.4 Å². The van der Waals surface area contributed by atoms with Gasteiger partial charge in [0.25, 0.3) is 5.91 Å². The normalized spacial score (nSPS) is 17.1. The number of amides is 1. The summed E-state index contributed by atoms with van der Waals surface area (Å²) in [5.74, 6) is -0.188. The van der Waals surface area contributed by atoms with E-state index in [1.807, 2.05) is 24.3 Å². The standard InChI is InChI=1S/C21H27N9O2/c1-3-15-7-9-16(10-8-15)12-23-25-21(31)18-17(13-29-11-5-4-6-14(29)2)30(28-24-18)20-19(22)26-32-27-20/h7-10,12,14H,3-6,11,13H2,1-2H3,(H2,22,26)(H,25,31)/b23-12+/t14-/m1/s1. The fourth-order valence-corrected chi connectivity index (χ4v) is 3.77. The molecule has 3 heterocycles. The molecule has 0 aliphatic carbocycles. The van der Waals surface area contributed by atoms with Crippen LogP contribution in [0, 0.1) is 0 Å². The molecule has 3 aromatic rings. The zero-order valence-corrected chi connectivity index (χ0v) is 18.2. The lowest BCUT2D eigenvalue weighted by Gasteiger charge is -2.33. The van der Waals surface area contributed by atoms with Gasteiger partial charge in [-0.1, -0.05) is 42.8 Å². The largest absolute Gasteiger partial charge is 0.378 e. The number of hydrazone groups is 1. The Morgan fingerprint density at radius 2 is 2.12 bits per heavy atom. The Morgan fingerprint density at radius 1 is 1.31 bits per heavy atom. The summed E-state index contributed by atoms with van der Waals surface area (Å²) in [5.41, 5.74) is 11.2. The highest BCUT2D eigenvalue weighted by Crippen LogP contribution is 2.22. The maximum absolute atomic E-state index is 12.9. The van der Waals surface area contributed by atoms with Gasteiger partial charge in [0.2, 0.25) is 11.6 Å². The highest BCUT2D eigenvalue weighted by Gasteiger charge is 2.27. The van der Waals surface area contributed by atoms with E-state index >= 15 is 0 Å². The third-order valence-electron chi connectivity index (χ3n) is 5.74. The number of aromatic nitrogens is 5. The molecular formula is C21H27N9O2. The minimum atomic E-state index is -0.465. The Labute approximate surface area is 185 Å². The number of piperidine rings is 1. The van der Waals surface area contributed by atoms with E-state index in [1.165, 1.54) is 16.7 Å². The van der Waals surface area contributed by atoms with Crippen LogP contribution in [0.15, 0.2) is 34.0 Å². The number of rotatable bonds is 7. The van der Waals surface area contributed by atoms with E-state index < -0.39 is 5.91 Å². The molecule has 1 aromatic carbocycles. The summed E-state index contributed by atoms with van der Waals surface area (Å²) in [6.07, 6.45) is 5.94. The van der Waals surface area contributed by atoms with Crippen molar-refractivity contribution >= 4 is 17.9 Å². The first-order valence-corrected chi connectivity index (χ1v) is 10.8. The molecule has 0 unspecified atom stereocenters. The van der Waals surface area contributed by atoms with Crippen LogP contribution in [0.4, 0.5) is 5.82 Å². The van der Waals surface area contributed by atoms with Crippen molar-refractivity contribution in [1.29, 1.82) is 0 Å². The van der Waals surface area contributed by atoms with E-state index in [4.69, 9.17) is 10.4 Å². The number of carbonyl (C=O) groups excluding carboxylic acids is 1. The molecule has 168 valence electrons. The van der Waals surface area contributed by atoms with Gasteiger partial charge in [-0.15, -0.1) is 5.10 Å². The third-order valence-corrected chi connectivity index (χ3v) is 5.74. The molecule has 1 fully saturated rings. The molecule has 3 N–H and O–H groups in total. The fourth-order valence-electron chi connectivity index (χ4n) is 3.77. The van der Waals surface area contributed by atoms with Gasteiger partial charge in [-0.3, -0.25) is 9.69 Å². The number of benzene rings is 1. The van der Waals surface area contributed by atoms with Crippen LogP contribution < -0.4 is 11.2 Å². The van der Waals surface area contributed by atoms with Crippen LogP contribution in [-0.4, -0.2) is 54.9 Å². The lowest BCUT2D eigenvalue weighted by Crippen LogP contribution is -2.38. The number of nitrogens with one attached hydrogen (secondary N) is 1. The molecule has 1 saturated heterocycles. The molecule has 11 heteroatoms. The number of likely N-dealkylation sites (tertiary alicyclic amines) is 1. The van der Waals surface area contributed by atoms with Gasteiger partial charge in [-0.2, -0.15) is 9.78 Å². The summed E-state index contributed by atoms with van der Waals surface area (Å²) < 4.78 is 6.13. The Bertz CT molecular complexity index is 1090. The molecule has 1 aliphatic heterocycles. The van der Waals surface area contributed by atoms with Crippen molar-refractivity contribution < 1.29 is 9.42 Å². The highest BCUT2D eigenvalue weighted by atomic mass is 16.6. The van der Waals surface area contributed by atoms with Gasteiger partial charge in [0, 0.05) is 12.6 Å². The van der Waals surface area contributed by atoms with Crippen molar-refractivity contribution in [2.75, 3.05) is 12.3 Å². The van der Waals surface area contributed by atoms with Crippen LogP contribution in [0.3, 0.4) is 0 Å². The molecule has 11 nitrogen and oxygen atoms in total. The minimum absolute atomic E-state index is 0.0725. The molecule has 0 spiro atoms. The van der Waals surface area contributed by atoms with Crippen LogP contribution >= 0.6 is 0 Å². The Kier molecular flexibility index (Phi) is 6.55. The van der Waals surface area contributed by atoms with Crippen molar-refractivity contribution in [2.24, 2.45) is 5.10 Å². The zero-order valence-electron chi connectivity index (χ0n) is 18.2. The maximum atomic E-state index is 12.9. The SMILES string of the molecule is CCc1ccc(/C=N/NC(=O)c2nnn(-c3nonc3N)c2CN2CCCC[C@H]2C)cc1. The van der Waals surface area contributed by atoms with Gasteiger partial charge in [0.1, 0.15) is 0 Å². The zero-order chi connectivity index (χ0) is 22.5. The molecular weight excluding hydrogens is 410 g/mol. The van der Waals surface area contributed by atoms with Crippen molar-refractivity contribution in [1.82, 2.24) is 35.6 Å². The van der Waals surface area contributed by atoms with E-state index in [0.717, 1.165) is 31.4 Å². The number of aryl methyl sites for hydroxylation is 1. The first-order chi connectivity index (χ1) is 15.6. The van der Waals surface area contributed by atoms with Gasteiger partial charge in [0.15, 0.2) is 5.69 Å². The van der Waals surface area contributed by atoms with Gasteiger partial charge < -0.3 is 5.73 Å². The average Bonchev–Trinajstić information content (AvgIpc) is 3.41. The predicted molar refractivity (Wildman–Crippen MR) is 118 cm³/mol. The van der Waals surface area contributed by atoms with E-state index in [0.29, 0.717) is 18.3 Å².